The Labute approximate surface area is 184 Å². The average Bonchev–Trinajstić information content (AvgIpc) is 3.48. The fraction of sp³-hybridized carbons (Fsp3) is 0.250. The predicted molar refractivity (Wildman–Crippen MR) is 119 cm³/mol. The molecule has 31 heavy (non-hydrogen) atoms. The molecule has 1 aliphatic heterocycles. The van der Waals surface area contributed by atoms with Gasteiger partial charge in [0.15, 0.2) is 0 Å². The molecule has 5 rings (SSSR count). The van der Waals surface area contributed by atoms with E-state index in [1.165, 1.54) is 22.6 Å². The van der Waals surface area contributed by atoms with Crippen molar-refractivity contribution < 1.29 is 9.50 Å². The number of aromatic nitrogens is 3. The molecule has 3 unspecified atom stereocenters. The van der Waals surface area contributed by atoms with Crippen LogP contribution in [0.5, 0.6) is 0 Å². The topological polar surface area (TPSA) is 54.2 Å². The molecule has 0 saturated carbocycles. The van der Waals surface area contributed by atoms with Crippen molar-refractivity contribution in [2.24, 2.45) is 0 Å². The van der Waals surface area contributed by atoms with Gasteiger partial charge < -0.3 is 5.11 Å². The zero-order chi connectivity index (χ0) is 21.2. The van der Waals surface area contributed by atoms with E-state index in [1.54, 1.807) is 28.2 Å². The first-order valence-electron chi connectivity index (χ1n) is 10.3. The number of rotatable bonds is 5. The van der Waals surface area contributed by atoms with Gasteiger partial charge in [0.05, 0.1) is 18.3 Å². The van der Waals surface area contributed by atoms with Crippen molar-refractivity contribution in [3.63, 3.8) is 0 Å². The van der Waals surface area contributed by atoms with E-state index in [-0.39, 0.29) is 17.9 Å². The van der Waals surface area contributed by atoms with E-state index in [4.69, 9.17) is 0 Å². The van der Waals surface area contributed by atoms with E-state index in [1.807, 2.05) is 24.4 Å². The molecule has 1 saturated heterocycles. The van der Waals surface area contributed by atoms with Gasteiger partial charge in [-0.2, -0.15) is 0 Å². The third-order valence-electron chi connectivity index (χ3n) is 5.88. The Hall–Kier alpha value is -2.87. The maximum Gasteiger partial charge on any atom is 0.123 e. The number of aliphatic hydroxyl groups excluding tert-OH is 1. The second-order valence-corrected chi connectivity index (χ2v) is 8.93. The Morgan fingerprint density at radius 1 is 1.03 bits per heavy atom. The first kappa shape index (κ1) is 20.1. The van der Waals surface area contributed by atoms with Crippen molar-refractivity contribution >= 4 is 11.3 Å². The molecule has 0 aliphatic carbocycles. The molecule has 1 N–H and O–H groups in total. The highest BCUT2D eigenvalue weighted by molar-refractivity contribution is 7.09. The maximum absolute atomic E-state index is 13.2. The van der Waals surface area contributed by atoms with Crippen molar-refractivity contribution in [1.29, 1.82) is 0 Å². The first-order chi connectivity index (χ1) is 15.2. The third-order valence-corrected chi connectivity index (χ3v) is 6.75. The van der Waals surface area contributed by atoms with E-state index in [0.717, 1.165) is 12.1 Å². The number of likely N-dealkylation sites (tertiary alicyclic amines) is 1. The molecule has 0 spiro atoms. The molecule has 0 amide bonds. The molecule has 3 atom stereocenters. The number of piperidine rings is 1. The summed E-state index contributed by atoms with van der Waals surface area (Å²) in [6.07, 6.45) is 1.91. The van der Waals surface area contributed by atoms with Gasteiger partial charge in [0.2, 0.25) is 0 Å². The number of hydrogen-bond donors (Lipinski definition) is 1. The quantitative estimate of drug-likeness (QED) is 0.495. The highest BCUT2D eigenvalue weighted by atomic mass is 32.1. The fourth-order valence-corrected chi connectivity index (χ4v) is 5.00. The summed E-state index contributed by atoms with van der Waals surface area (Å²) in [4.78, 5) is 3.71. The molecular weight excluding hydrogens is 411 g/mol. The van der Waals surface area contributed by atoms with E-state index in [2.05, 4.69) is 44.9 Å². The lowest BCUT2D eigenvalue weighted by Gasteiger charge is -2.42. The number of halogens is 1. The van der Waals surface area contributed by atoms with Gasteiger partial charge in [-0.1, -0.05) is 41.6 Å². The summed E-state index contributed by atoms with van der Waals surface area (Å²) < 4.78 is 15.0. The van der Waals surface area contributed by atoms with Gasteiger partial charge in [0.25, 0.3) is 0 Å². The molecule has 2 aromatic carbocycles. The monoisotopic (exact) mass is 434 g/mol. The van der Waals surface area contributed by atoms with Gasteiger partial charge in [-0.25, -0.2) is 9.07 Å². The number of hydrogen-bond acceptors (Lipinski definition) is 5. The van der Waals surface area contributed by atoms with Gasteiger partial charge in [0.1, 0.15) is 11.5 Å². The zero-order valence-corrected chi connectivity index (χ0v) is 17.7. The summed E-state index contributed by atoms with van der Waals surface area (Å²) in [5.74, 6) is -0.282. The van der Waals surface area contributed by atoms with Gasteiger partial charge >= 0.3 is 0 Å². The molecule has 5 nitrogen and oxygen atoms in total. The summed E-state index contributed by atoms with van der Waals surface area (Å²) in [7, 11) is 0. The van der Waals surface area contributed by atoms with Gasteiger partial charge in [-0.05, 0) is 47.7 Å². The molecule has 158 valence electrons. The summed E-state index contributed by atoms with van der Waals surface area (Å²) in [6.45, 7) is 1.48. The third kappa shape index (κ3) is 4.30. The van der Waals surface area contributed by atoms with Crippen LogP contribution in [-0.2, 0) is 6.54 Å². The van der Waals surface area contributed by atoms with Crippen LogP contribution < -0.4 is 0 Å². The first-order valence-corrected chi connectivity index (χ1v) is 11.2. The van der Waals surface area contributed by atoms with Crippen molar-refractivity contribution in [2.75, 3.05) is 6.54 Å². The number of thiophene rings is 1. The van der Waals surface area contributed by atoms with Crippen LogP contribution in [0.4, 0.5) is 4.39 Å². The largest absolute Gasteiger partial charge is 0.391 e. The molecule has 2 aromatic heterocycles. The number of benzene rings is 2. The summed E-state index contributed by atoms with van der Waals surface area (Å²) >= 11 is 1.74. The van der Waals surface area contributed by atoms with Crippen LogP contribution in [0.1, 0.15) is 28.9 Å². The standard InChI is InChI=1S/C24H23FN4OS/c25-19-10-8-17(9-11-19)21-15-29(27-26-21)23-16-28(14-20-7-4-12-31-20)22(13-24(23)30)18-5-2-1-3-6-18/h1-12,15,22-24,30H,13-14,16H2. The van der Waals surface area contributed by atoms with Crippen LogP contribution in [0.15, 0.2) is 78.3 Å². The van der Waals surface area contributed by atoms with Gasteiger partial charge in [-0.3, -0.25) is 4.90 Å². The molecule has 3 heterocycles. The van der Waals surface area contributed by atoms with Crippen molar-refractivity contribution in [2.45, 2.75) is 31.2 Å². The van der Waals surface area contributed by atoms with Gasteiger partial charge in [-0.15, -0.1) is 16.4 Å². The van der Waals surface area contributed by atoms with Crippen molar-refractivity contribution in [1.82, 2.24) is 19.9 Å². The molecule has 4 aromatic rings. The van der Waals surface area contributed by atoms with E-state index >= 15 is 0 Å². The minimum Gasteiger partial charge on any atom is -0.391 e. The Morgan fingerprint density at radius 2 is 1.84 bits per heavy atom. The van der Waals surface area contributed by atoms with Crippen molar-refractivity contribution in [3.8, 4) is 11.3 Å². The average molecular weight is 435 g/mol. The lowest BCUT2D eigenvalue weighted by Crippen LogP contribution is -2.45. The van der Waals surface area contributed by atoms with Crippen molar-refractivity contribution in [3.05, 3.63) is 94.6 Å². The molecule has 0 bridgehead atoms. The summed E-state index contributed by atoms with van der Waals surface area (Å²) in [5, 5.41) is 21.7. The van der Waals surface area contributed by atoms with E-state index in [9.17, 15) is 9.50 Å². The second-order valence-electron chi connectivity index (χ2n) is 7.90. The van der Waals surface area contributed by atoms with Gasteiger partial charge in [0, 0.05) is 29.6 Å². The van der Waals surface area contributed by atoms with E-state index < -0.39 is 6.10 Å². The normalized spacial score (nSPS) is 21.9. The highest BCUT2D eigenvalue weighted by Gasteiger charge is 2.37. The number of nitrogens with zero attached hydrogens (tertiary/aromatic N) is 4. The van der Waals surface area contributed by atoms with Crippen LogP contribution in [0, 0.1) is 5.82 Å². The Bertz CT molecular complexity index is 1110. The highest BCUT2D eigenvalue weighted by Crippen LogP contribution is 2.37. The van der Waals surface area contributed by atoms with Crippen LogP contribution in [0.25, 0.3) is 11.3 Å². The summed E-state index contributed by atoms with van der Waals surface area (Å²) in [6, 6.07) is 20.7. The smallest absolute Gasteiger partial charge is 0.123 e. The Balaban J connectivity index is 1.42. The zero-order valence-electron chi connectivity index (χ0n) is 16.9. The maximum atomic E-state index is 13.2. The SMILES string of the molecule is OC1CC(c2ccccc2)N(Cc2cccs2)CC1n1cc(-c2ccc(F)cc2)nn1. The van der Waals surface area contributed by atoms with Crippen LogP contribution in [-0.4, -0.2) is 37.6 Å². The molecule has 7 heteroatoms. The van der Waals surface area contributed by atoms with Crippen LogP contribution in [0.3, 0.4) is 0 Å². The number of aliphatic hydroxyl groups is 1. The minimum absolute atomic E-state index is 0.134. The molecule has 1 aliphatic rings. The Kier molecular flexibility index (Phi) is 5.63. The molecule has 0 radical (unpaired) electrons. The Morgan fingerprint density at radius 3 is 2.58 bits per heavy atom. The molecular formula is C24H23FN4OS. The predicted octanol–water partition coefficient (Wildman–Crippen LogP) is 4.69. The van der Waals surface area contributed by atoms with E-state index in [0.29, 0.717) is 18.7 Å². The minimum atomic E-state index is -0.549. The fourth-order valence-electron chi connectivity index (χ4n) is 4.28. The van der Waals surface area contributed by atoms with Crippen LogP contribution in [0.2, 0.25) is 0 Å². The van der Waals surface area contributed by atoms with Crippen LogP contribution >= 0.6 is 11.3 Å². The lowest BCUT2D eigenvalue weighted by atomic mass is 9.90. The second kappa shape index (κ2) is 8.70. The summed E-state index contributed by atoms with van der Waals surface area (Å²) in [5.41, 5.74) is 2.68. The molecule has 1 fully saturated rings. The lowest BCUT2D eigenvalue weighted by molar-refractivity contribution is -0.0105.